The van der Waals surface area contributed by atoms with Gasteiger partial charge < -0.3 is 4.74 Å². The minimum atomic E-state index is -3.55. The normalized spacial score (nSPS) is 21.4. The van der Waals surface area contributed by atoms with Crippen molar-refractivity contribution < 1.29 is 18.1 Å². The number of rotatable bonds is 2. The molecule has 1 heterocycles. The third-order valence-corrected chi connectivity index (χ3v) is 5.17. The van der Waals surface area contributed by atoms with Gasteiger partial charge >= 0.3 is 0 Å². The molecule has 0 saturated heterocycles. The number of fused-ring (bicyclic) bond motifs is 1. The zero-order valence-corrected chi connectivity index (χ0v) is 10.1. The summed E-state index contributed by atoms with van der Waals surface area (Å²) in [6.07, 6.45) is 0. The maximum absolute atomic E-state index is 12.0. The Labute approximate surface area is 102 Å². The number of halogens is 1. The van der Waals surface area contributed by atoms with E-state index in [0.717, 1.165) is 12.1 Å². The van der Waals surface area contributed by atoms with Crippen molar-refractivity contribution in [2.45, 2.75) is 10.1 Å². The molecule has 17 heavy (non-hydrogen) atoms. The maximum atomic E-state index is 12.0. The van der Waals surface area contributed by atoms with E-state index in [1.54, 1.807) is 0 Å². The van der Waals surface area contributed by atoms with Gasteiger partial charge in [0.1, 0.15) is 22.5 Å². The van der Waals surface area contributed by atoms with E-state index in [1.807, 2.05) is 0 Å². The Morgan fingerprint density at radius 1 is 1.53 bits per heavy atom. The number of alkyl halides is 1. The number of hydrogen-bond donors (Lipinski definition) is 0. The van der Waals surface area contributed by atoms with E-state index >= 15 is 0 Å². The van der Waals surface area contributed by atoms with Gasteiger partial charge in [-0.15, -0.1) is 11.6 Å². The van der Waals surface area contributed by atoms with Gasteiger partial charge in [0.15, 0.2) is 9.84 Å². The van der Waals surface area contributed by atoms with Crippen molar-refractivity contribution in [3.63, 3.8) is 0 Å². The van der Waals surface area contributed by atoms with E-state index in [1.165, 1.54) is 6.07 Å². The largest absolute Gasteiger partial charge is 0.491 e. The molecule has 1 aliphatic heterocycles. The van der Waals surface area contributed by atoms with Crippen LogP contribution in [-0.4, -0.2) is 31.1 Å². The first-order valence-corrected chi connectivity index (χ1v) is 6.76. The van der Waals surface area contributed by atoms with Gasteiger partial charge in [-0.1, -0.05) is 0 Å². The minimum absolute atomic E-state index is 0.0144. The third-order valence-electron chi connectivity index (χ3n) is 2.48. The third kappa shape index (κ3) is 1.96. The number of nitro benzene ring substituents is 1. The van der Waals surface area contributed by atoms with Crippen molar-refractivity contribution in [3.05, 3.63) is 28.3 Å². The SMILES string of the molecule is O=[N+]([O-])c1ccc2c(c1)OCC(CCl)S2(=O)=O. The fraction of sp³-hybridized carbons (Fsp3) is 0.333. The van der Waals surface area contributed by atoms with Crippen LogP contribution in [0.2, 0.25) is 0 Å². The summed E-state index contributed by atoms with van der Waals surface area (Å²) in [6, 6.07) is 3.43. The molecule has 0 fully saturated rings. The molecule has 8 heteroatoms. The number of hydrogen-bond acceptors (Lipinski definition) is 5. The first-order valence-electron chi connectivity index (χ1n) is 4.68. The van der Waals surface area contributed by atoms with Gasteiger partial charge in [-0.05, 0) is 6.07 Å². The highest BCUT2D eigenvalue weighted by Gasteiger charge is 2.35. The molecule has 0 amide bonds. The molecule has 1 aromatic carbocycles. The Bertz CT molecular complexity index is 571. The van der Waals surface area contributed by atoms with Gasteiger partial charge in [0, 0.05) is 11.9 Å². The number of ether oxygens (including phenoxy) is 1. The summed E-state index contributed by atoms with van der Waals surface area (Å²) in [4.78, 5) is 9.90. The van der Waals surface area contributed by atoms with Crippen molar-refractivity contribution in [3.8, 4) is 5.75 Å². The second-order valence-corrected chi connectivity index (χ2v) is 6.03. The number of sulfone groups is 1. The van der Waals surface area contributed by atoms with Crippen LogP contribution < -0.4 is 4.74 Å². The summed E-state index contributed by atoms with van der Waals surface area (Å²) in [5.74, 6) is -0.0563. The Hall–Kier alpha value is -1.34. The van der Waals surface area contributed by atoms with Crippen LogP contribution in [0, 0.1) is 10.1 Å². The average molecular weight is 278 g/mol. The molecule has 2 rings (SSSR count). The van der Waals surface area contributed by atoms with Crippen LogP contribution in [0.4, 0.5) is 5.69 Å². The molecule has 1 aliphatic rings. The second-order valence-electron chi connectivity index (χ2n) is 3.52. The monoisotopic (exact) mass is 277 g/mol. The molecule has 0 spiro atoms. The van der Waals surface area contributed by atoms with Crippen LogP contribution in [-0.2, 0) is 9.84 Å². The lowest BCUT2D eigenvalue weighted by atomic mass is 10.3. The second kappa shape index (κ2) is 4.15. The highest BCUT2D eigenvalue weighted by Crippen LogP contribution is 2.34. The molecule has 6 nitrogen and oxygen atoms in total. The summed E-state index contributed by atoms with van der Waals surface area (Å²) in [6.45, 7) is -0.0833. The van der Waals surface area contributed by atoms with Crippen LogP contribution in [0.3, 0.4) is 0 Å². The average Bonchev–Trinajstić information content (AvgIpc) is 2.28. The lowest BCUT2D eigenvalue weighted by molar-refractivity contribution is -0.385. The van der Waals surface area contributed by atoms with Gasteiger partial charge in [0.05, 0.1) is 11.0 Å². The van der Waals surface area contributed by atoms with Crippen LogP contribution in [0.5, 0.6) is 5.75 Å². The van der Waals surface area contributed by atoms with Gasteiger partial charge in [0.25, 0.3) is 5.69 Å². The van der Waals surface area contributed by atoms with Crippen LogP contribution in [0.25, 0.3) is 0 Å². The summed E-state index contributed by atoms with van der Waals surface area (Å²) in [5, 5.41) is 9.74. The molecular formula is C9H8ClNO5S. The summed E-state index contributed by atoms with van der Waals surface area (Å²) < 4.78 is 29.1. The quantitative estimate of drug-likeness (QED) is 0.463. The van der Waals surface area contributed by atoms with Gasteiger partial charge in [0.2, 0.25) is 0 Å². The number of nitrogens with zero attached hydrogens (tertiary/aromatic N) is 1. The molecule has 0 N–H and O–H groups in total. The van der Waals surface area contributed by atoms with E-state index in [2.05, 4.69) is 0 Å². The molecular weight excluding hydrogens is 270 g/mol. The van der Waals surface area contributed by atoms with Crippen LogP contribution in [0.15, 0.2) is 23.1 Å². The summed E-state index contributed by atoms with van der Waals surface area (Å²) in [7, 11) is -3.55. The predicted octanol–water partition coefficient (Wildman–Crippen LogP) is 1.37. The van der Waals surface area contributed by atoms with E-state index in [9.17, 15) is 18.5 Å². The number of non-ortho nitro benzene ring substituents is 1. The van der Waals surface area contributed by atoms with Gasteiger partial charge in [-0.25, -0.2) is 8.42 Å². The van der Waals surface area contributed by atoms with Crippen LogP contribution >= 0.6 is 11.6 Å². The molecule has 0 radical (unpaired) electrons. The molecule has 1 unspecified atom stereocenters. The molecule has 92 valence electrons. The van der Waals surface area contributed by atoms with E-state index in [-0.39, 0.29) is 28.8 Å². The van der Waals surface area contributed by atoms with Crippen molar-refractivity contribution in [2.75, 3.05) is 12.5 Å². The molecule has 1 aromatic rings. The predicted molar refractivity (Wildman–Crippen MR) is 60.3 cm³/mol. The molecule has 0 aromatic heterocycles. The van der Waals surface area contributed by atoms with Gasteiger partial charge in [-0.3, -0.25) is 10.1 Å². The van der Waals surface area contributed by atoms with Gasteiger partial charge in [-0.2, -0.15) is 0 Å². The molecule has 0 aliphatic carbocycles. The van der Waals surface area contributed by atoms with Crippen molar-refractivity contribution in [1.29, 1.82) is 0 Å². The highest BCUT2D eigenvalue weighted by molar-refractivity contribution is 7.92. The maximum Gasteiger partial charge on any atom is 0.273 e. The zero-order chi connectivity index (χ0) is 12.6. The Kier molecular flexibility index (Phi) is 2.96. The van der Waals surface area contributed by atoms with E-state index < -0.39 is 20.0 Å². The Balaban J connectivity index is 2.55. The van der Waals surface area contributed by atoms with E-state index in [4.69, 9.17) is 16.3 Å². The Morgan fingerprint density at radius 2 is 2.24 bits per heavy atom. The highest BCUT2D eigenvalue weighted by atomic mass is 35.5. The van der Waals surface area contributed by atoms with Crippen molar-refractivity contribution in [1.82, 2.24) is 0 Å². The van der Waals surface area contributed by atoms with Crippen molar-refractivity contribution >= 4 is 27.1 Å². The molecule has 0 saturated carbocycles. The fourth-order valence-electron chi connectivity index (χ4n) is 1.54. The number of benzene rings is 1. The molecule has 0 bridgehead atoms. The summed E-state index contributed by atoms with van der Waals surface area (Å²) in [5.41, 5.74) is -0.205. The smallest absolute Gasteiger partial charge is 0.273 e. The standard InChI is InChI=1S/C9H8ClNO5S/c10-4-7-5-16-8-3-6(11(12)13)1-2-9(8)17(7,14)15/h1-3,7H,4-5H2. The summed E-state index contributed by atoms with van der Waals surface area (Å²) >= 11 is 5.55. The van der Waals surface area contributed by atoms with E-state index in [0.29, 0.717) is 0 Å². The first kappa shape index (κ1) is 12.1. The lowest BCUT2D eigenvalue weighted by Crippen LogP contribution is -2.34. The topological polar surface area (TPSA) is 86.5 Å². The van der Waals surface area contributed by atoms with Crippen LogP contribution in [0.1, 0.15) is 0 Å². The lowest BCUT2D eigenvalue weighted by Gasteiger charge is -2.23. The zero-order valence-electron chi connectivity index (χ0n) is 8.50. The fourth-order valence-corrected chi connectivity index (χ4v) is 3.55. The first-order chi connectivity index (χ1) is 7.96. The van der Waals surface area contributed by atoms with Crippen molar-refractivity contribution in [2.24, 2.45) is 0 Å². The molecule has 1 atom stereocenters. The minimum Gasteiger partial charge on any atom is -0.491 e. The number of nitro groups is 1. The Morgan fingerprint density at radius 3 is 2.82 bits per heavy atom.